The third kappa shape index (κ3) is 8.58. The molecule has 0 saturated carbocycles. The highest BCUT2D eigenvalue weighted by atomic mass is 33.1. The lowest BCUT2D eigenvalue weighted by Gasteiger charge is -1.84. The summed E-state index contributed by atoms with van der Waals surface area (Å²) in [6.07, 6.45) is 6.09. The highest BCUT2D eigenvalue weighted by Crippen LogP contribution is 2.37. The number of aromatic nitrogens is 4. The molecule has 0 saturated heterocycles. The van der Waals surface area contributed by atoms with Crippen LogP contribution in [0.2, 0.25) is 0 Å². The number of hydrogen-bond donors (Lipinski definition) is 0. The first-order valence-corrected chi connectivity index (χ1v) is 14.4. The Morgan fingerprint density at radius 1 is 0.762 bits per heavy atom. The van der Waals surface area contributed by atoms with Crippen molar-refractivity contribution in [2.75, 3.05) is 24.5 Å². The quantitative estimate of drug-likeness (QED) is 0.403. The van der Waals surface area contributed by atoms with Gasteiger partial charge in [0.1, 0.15) is 0 Å². The van der Waals surface area contributed by atoms with Gasteiger partial charge in [0.25, 0.3) is 0 Å². The van der Waals surface area contributed by atoms with Gasteiger partial charge >= 0.3 is 0 Å². The monoisotopic (exact) mass is 434 g/mol. The minimum Gasteiger partial charge on any atom is -0.131 e. The molecule has 0 unspecified atom stereocenters. The van der Waals surface area contributed by atoms with E-state index in [4.69, 9.17) is 0 Å². The minimum atomic E-state index is 1.04. The lowest BCUT2D eigenvalue weighted by Crippen LogP contribution is -1.70. The van der Waals surface area contributed by atoms with Crippen LogP contribution in [0, 0.1) is 0 Å². The molecule has 2 aromatic rings. The summed E-state index contributed by atoms with van der Waals surface area (Å²) in [7, 11) is 6.71. The maximum absolute atomic E-state index is 4.00. The summed E-state index contributed by atoms with van der Waals surface area (Å²) in [6.45, 7) is 2.12. The molecule has 2 rings (SSSR count). The second-order valence-corrected chi connectivity index (χ2v) is 12.6. The molecule has 2 heterocycles. The van der Waals surface area contributed by atoms with Crippen LogP contribution in [0.4, 0.5) is 0 Å². The molecule has 0 amide bonds. The fraction of sp³-hybridized carbons (Fsp3) is 0.556. The molecule has 0 atom stereocenters. The van der Waals surface area contributed by atoms with Crippen LogP contribution in [0.5, 0.6) is 0 Å². The van der Waals surface area contributed by atoms with Crippen molar-refractivity contribution in [3.8, 4) is 0 Å². The Morgan fingerprint density at radius 3 is 1.67 bits per heavy atom. The Labute approximate surface area is 157 Å². The van der Waals surface area contributed by atoms with Crippen LogP contribution in [-0.2, 0) is 0 Å². The lowest BCUT2D eigenvalue weighted by atomic mass is 11.0. The van der Waals surface area contributed by atoms with Crippen molar-refractivity contribution in [1.82, 2.24) is 20.4 Å². The van der Waals surface area contributed by atoms with E-state index in [0.29, 0.717) is 0 Å². The van der Waals surface area contributed by atoms with Gasteiger partial charge in [-0.3, -0.25) is 0 Å². The Balaban J connectivity index is 0.000000211. The molecule has 21 heavy (non-hydrogen) atoms. The summed E-state index contributed by atoms with van der Waals surface area (Å²) in [5.74, 6) is 1.07. The van der Waals surface area contributed by atoms with E-state index in [1.54, 1.807) is 89.4 Å². The van der Waals surface area contributed by atoms with Gasteiger partial charge < -0.3 is 0 Å². The van der Waals surface area contributed by atoms with Gasteiger partial charge in [-0.2, -0.15) is 0 Å². The maximum Gasteiger partial charge on any atom is 0.185 e. The molecule has 0 spiro atoms. The van der Waals surface area contributed by atoms with E-state index in [1.165, 1.54) is 0 Å². The fourth-order valence-corrected chi connectivity index (χ4v) is 7.75. The Kier molecular flexibility index (Phi) is 12.2. The summed E-state index contributed by atoms with van der Waals surface area (Å²) in [5, 5.41) is 16.0. The summed E-state index contributed by atoms with van der Waals surface area (Å²) >= 11 is 6.70. The molecule has 0 bridgehead atoms. The number of nitrogens with zero attached hydrogens (tertiary/aromatic N) is 4. The first-order chi connectivity index (χ1) is 10.2. The second kappa shape index (κ2) is 12.6. The van der Waals surface area contributed by atoms with Crippen molar-refractivity contribution >= 4 is 89.4 Å². The van der Waals surface area contributed by atoms with Gasteiger partial charge in [0.15, 0.2) is 17.4 Å². The van der Waals surface area contributed by atoms with Crippen LogP contribution < -0.4 is 0 Å². The first kappa shape index (κ1) is 20.3. The smallest absolute Gasteiger partial charge is 0.131 e. The average molecular weight is 435 g/mol. The van der Waals surface area contributed by atoms with Crippen LogP contribution in [0.25, 0.3) is 0 Å². The van der Waals surface area contributed by atoms with Gasteiger partial charge in [0, 0.05) is 0 Å². The number of thioether (sulfide) groups is 2. The summed E-state index contributed by atoms with van der Waals surface area (Å²) in [6, 6.07) is 0. The van der Waals surface area contributed by atoms with Crippen LogP contribution in [0.1, 0.15) is 6.92 Å². The molecule has 118 valence electrons. The van der Waals surface area contributed by atoms with E-state index in [1.807, 2.05) is 18.8 Å². The largest absolute Gasteiger partial charge is 0.185 e. The summed E-state index contributed by atoms with van der Waals surface area (Å²) in [4.78, 5) is 0. The molecule has 0 aliphatic rings. The number of rotatable bonds is 7. The first-order valence-electron chi connectivity index (χ1n) is 5.48. The van der Waals surface area contributed by atoms with E-state index in [2.05, 4.69) is 27.3 Å². The topological polar surface area (TPSA) is 51.6 Å². The molecule has 0 aliphatic carbocycles. The van der Waals surface area contributed by atoms with Gasteiger partial charge in [-0.05, 0) is 46.1 Å². The van der Waals surface area contributed by atoms with Crippen molar-refractivity contribution in [2.45, 2.75) is 24.3 Å². The van der Waals surface area contributed by atoms with Crippen LogP contribution >= 0.6 is 89.4 Å². The molecular weight excluding hydrogens is 421 g/mol. The van der Waals surface area contributed by atoms with Gasteiger partial charge in [-0.25, -0.2) is 0 Å². The SMILES string of the molecule is CCSc1nnc(SC)s1.CSSc1nnc(SSC)s1. The van der Waals surface area contributed by atoms with Crippen LogP contribution in [0.3, 0.4) is 0 Å². The van der Waals surface area contributed by atoms with E-state index in [0.717, 1.165) is 23.1 Å². The predicted molar refractivity (Wildman–Crippen MR) is 107 cm³/mol. The molecule has 2 aromatic heterocycles. The summed E-state index contributed by atoms with van der Waals surface area (Å²) in [5.41, 5.74) is 0. The Bertz CT molecular complexity index is 481. The van der Waals surface area contributed by atoms with Crippen molar-refractivity contribution < 1.29 is 0 Å². The molecule has 0 radical (unpaired) electrons. The molecule has 12 heteroatoms. The van der Waals surface area contributed by atoms with E-state index in [9.17, 15) is 0 Å². The van der Waals surface area contributed by atoms with E-state index < -0.39 is 0 Å². The lowest BCUT2D eigenvalue weighted by molar-refractivity contribution is 0.956. The molecule has 4 nitrogen and oxygen atoms in total. The zero-order chi connectivity index (χ0) is 15.5. The van der Waals surface area contributed by atoms with Crippen molar-refractivity contribution in [3.63, 3.8) is 0 Å². The Morgan fingerprint density at radius 2 is 1.24 bits per heavy atom. The normalized spacial score (nSPS) is 10.3. The van der Waals surface area contributed by atoms with Crippen molar-refractivity contribution in [2.24, 2.45) is 0 Å². The molecule has 0 aliphatic heterocycles. The molecular formula is C9H14N4S8. The molecule has 0 N–H and O–H groups in total. The van der Waals surface area contributed by atoms with Gasteiger partial charge in [0.05, 0.1) is 0 Å². The van der Waals surface area contributed by atoms with E-state index >= 15 is 0 Å². The van der Waals surface area contributed by atoms with Crippen LogP contribution in [-0.4, -0.2) is 44.9 Å². The van der Waals surface area contributed by atoms with E-state index in [-0.39, 0.29) is 0 Å². The minimum absolute atomic E-state index is 1.04. The second-order valence-electron chi connectivity index (χ2n) is 2.80. The zero-order valence-corrected chi connectivity index (χ0v) is 18.3. The highest BCUT2D eigenvalue weighted by Gasteiger charge is 2.03. The third-order valence-corrected chi connectivity index (χ3v) is 9.32. The molecule has 0 fully saturated rings. The zero-order valence-electron chi connectivity index (χ0n) is 11.8. The molecule has 0 aromatic carbocycles. The maximum atomic E-state index is 4.00. The number of hydrogen-bond acceptors (Lipinski definition) is 12. The fourth-order valence-electron chi connectivity index (χ4n) is 0.869. The predicted octanol–water partition coefficient (Wildman–Crippen LogP) is 5.65. The summed E-state index contributed by atoms with van der Waals surface area (Å²) < 4.78 is 4.20. The van der Waals surface area contributed by atoms with Crippen molar-refractivity contribution in [1.29, 1.82) is 0 Å². The van der Waals surface area contributed by atoms with Gasteiger partial charge in [-0.15, -0.1) is 20.4 Å². The van der Waals surface area contributed by atoms with Gasteiger partial charge in [0.2, 0.25) is 0 Å². The highest BCUT2D eigenvalue weighted by molar-refractivity contribution is 8.77. The van der Waals surface area contributed by atoms with Crippen LogP contribution in [0.15, 0.2) is 17.4 Å². The Hall–Kier alpha value is 1.22. The van der Waals surface area contributed by atoms with Gasteiger partial charge in [-0.1, -0.05) is 74.7 Å². The van der Waals surface area contributed by atoms with Crippen molar-refractivity contribution in [3.05, 3.63) is 0 Å². The third-order valence-electron chi connectivity index (χ3n) is 1.53. The standard InChI is InChI=1S/C5H8N2S3.C4H6N2S5/c1-3-9-5-7-6-4(8-2)10-5;1-7-10-3-5-6-4(9-3)11-8-2/h3H2,1-2H3;1-2H3. The average Bonchev–Trinajstić information content (AvgIpc) is 3.10.